The van der Waals surface area contributed by atoms with Crippen LogP contribution in [0.4, 0.5) is 0 Å². The SMILES string of the molecule is O=C1C[C@H](c2ccc(O)cc2)c2c(cc(O)c3c(=O)cc(-c4ccc(O)c(O)c4)oc23)O1. The van der Waals surface area contributed by atoms with Gasteiger partial charge < -0.3 is 29.6 Å². The lowest BCUT2D eigenvalue weighted by molar-refractivity contribution is -0.135. The molecule has 2 heterocycles. The molecule has 8 nitrogen and oxygen atoms in total. The quantitative estimate of drug-likeness (QED) is 0.214. The van der Waals surface area contributed by atoms with Gasteiger partial charge in [-0.2, -0.15) is 0 Å². The summed E-state index contributed by atoms with van der Waals surface area (Å²) in [6, 6.07) is 12.6. The van der Waals surface area contributed by atoms with Gasteiger partial charge in [0.1, 0.15) is 34.0 Å². The van der Waals surface area contributed by atoms with Crippen LogP contribution in [-0.2, 0) is 4.79 Å². The fourth-order valence-corrected chi connectivity index (χ4v) is 3.97. The topological polar surface area (TPSA) is 137 Å². The summed E-state index contributed by atoms with van der Waals surface area (Å²) in [6.07, 6.45) is -0.0361. The minimum atomic E-state index is -0.554. The summed E-state index contributed by atoms with van der Waals surface area (Å²) >= 11 is 0. The number of hydrogen-bond donors (Lipinski definition) is 4. The summed E-state index contributed by atoms with van der Waals surface area (Å²) in [5.74, 6) is -1.97. The molecule has 8 heteroatoms. The lowest BCUT2D eigenvalue weighted by Gasteiger charge is -2.26. The van der Waals surface area contributed by atoms with Crippen molar-refractivity contribution in [2.24, 2.45) is 0 Å². The largest absolute Gasteiger partial charge is 0.508 e. The number of phenols is 4. The summed E-state index contributed by atoms with van der Waals surface area (Å²) < 4.78 is 11.4. The van der Waals surface area contributed by atoms with Gasteiger partial charge in [0.05, 0.1) is 6.42 Å². The molecule has 0 amide bonds. The third-order valence-electron chi connectivity index (χ3n) is 5.48. The van der Waals surface area contributed by atoms with Gasteiger partial charge in [-0.25, -0.2) is 0 Å². The van der Waals surface area contributed by atoms with E-state index in [-0.39, 0.29) is 46.1 Å². The second kappa shape index (κ2) is 7.05. The summed E-state index contributed by atoms with van der Waals surface area (Å²) in [7, 11) is 0. The van der Waals surface area contributed by atoms with Crippen molar-refractivity contribution in [1.82, 2.24) is 0 Å². The lowest BCUT2D eigenvalue weighted by Crippen LogP contribution is -2.22. The molecule has 1 atom stereocenters. The molecule has 0 bridgehead atoms. The van der Waals surface area contributed by atoms with Gasteiger partial charge in [0.15, 0.2) is 16.9 Å². The molecule has 0 saturated heterocycles. The first-order valence-corrected chi connectivity index (χ1v) is 9.67. The summed E-state index contributed by atoms with van der Waals surface area (Å²) in [4.78, 5) is 25.2. The lowest BCUT2D eigenvalue weighted by atomic mass is 9.85. The molecule has 5 rings (SSSR count). The number of carbonyl (C=O) groups excluding carboxylic acids is 1. The average molecular weight is 432 g/mol. The van der Waals surface area contributed by atoms with Crippen molar-refractivity contribution in [2.75, 3.05) is 0 Å². The van der Waals surface area contributed by atoms with Crippen molar-refractivity contribution in [1.29, 1.82) is 0 Å². The van der Waals surface area contributed by atoms with E-state index in [9.17, 15) is 30.0 Å². The molecular weight excluding hydrogens is 416 g/mol. The summed E-state index contributed by atoms with van der Waals surface area (Å²) in [5, 5.41) is 39.4. The highest BCUT2D eigenvalue weighted by atomic mass is 16.5. The van der Waals surface area contributed by atoms with Crippen molar-refractivity contribution in [3.63, 3.8) is 0 Å². The molecule has 1 aliphatic heterocycles. The molecule has 32 heavy (non-hydrogen) atoms. The van der Waals surface area contributed by atoms with Crippen LogP contribution in [0.5, 0.6) is 28.7 Å². The van der Waals surface area contributed by atoms with Gasteiger partial charge in [0, 0.05) is 29.2 Å². The predicted octanol–water partition coefficient (Wildman–Crippen LogP) is 3.72. The Balaban J connectivity index is 1.81. The maximum atomic E-state index is 12.9. The van der Waals surface area contributed by atoms with Gasteiger partial charge in [-0.1, -0.05) is 12.1 Å². The number of hydrogen-bond acceptors (Lipinski definition) is 8. The molecule has 0 radical (unpaired) electrons. The van der Waals surface area contributed by atoms with Crippen LogP contribution < -0.4 is 10.2 Å². The Kier molecular flexibility index (Phi) is 4.30. The molecule has 4 N–H and O–H groups in total. The maximum absolute atomic E-state index is 12.9. The normalized spacial score (nSPS) is 15.4. The highest BCUT2D eigenvalue weighted by Gasteiger charge is 2.33. The average Bonchev–Trinajstić information content (AvgIpc) is 2.75. The van der Waals surface area contributed by atoms with E-state index in [0.29, 0.717) is 16.7 Å². The van der Waals surface area contributed by atoms with Gasteiger partial charge in [0.2, 0.25) is 0 Å². The molecule has 0 spiro atoms. The van der Waals surface area contributed by atoms with E-state index in [1.54, 1.807) is 12.1 Å². The third kappa shape index (κ3) is 3.09. The van der Waals surface area contributed by atoms with Gasteiger partial charge in [0.25, 0.3) is 0 Å². The Morgan fingerprint density at radius 1 is 0.812 bits per heavy atom. The van der Waals surface area contributed by atoms with Crippen LogP contribution in [0.15, 0.2) is 63.8 Å². The number of fused-ring (bicyclic) bond motifs is 3. The van der Waals surface area contributed by atoms with Crippen LogP contribution in [0.25, 0.3) is 22.3 Å². The third-order valence-corrected chi connectivity index (χ3v) is 5.48. The van der Waals surface area contributed by atoms with E-state index in [1.807, 2.05) is 0 Å². The van der Waals surface area contributed by atoms with Crippen molar-refractivity contribution in [3.8, 4) is 40.1 Å². The van der Waals surface area contributed by atoms with Gasteiger partial charge >= 0.3 is 5.97 Å². The van der Waals surface area contributed by atoms with Crippen molar-refractivity contribution in [3.05, 3.63) is 75.9 Å². The first-order valence-electron chi connectivity index (χ1n) is 9.67. The molecule has 0 aliphatic carbocycles. The Hall–Kier alpha value is -4.46. The number of phenolic OH excluding ortho intramolecular Hbond substituents is 4. The number of aromatic hydroxyl groups is 4. The molecule has 0 saturated carbocycles. The highest BCUT2D eigenvalue weighted by molar-refractivity contribution is 5.93. The number of rotatable bonds is 2. The first kappa shape index (κ1) is 19.5. The Morgan fingerprint density at radius 2 is 1.56 bits per heavy atom. The maximum Gasteiger partial charge on any atom is 0.312 e. The Morgan fingerprint density at radius 3 is 2.28 bits per heavy atom. The zero-order valence-electron chi connectivity index (χ0n) is 16.4. The first-order chi connectivity index (χ1) is 15.3. The molecule has 160 valence electrons. The second-order valence-electron chi connectivity index (χ2n) is 7.51. The second-order valence-corrected chi connectivity index (χ2v) is 7.51. The summed E-state index contributed by atoms with van der Waals surface area (Å²) in [6.45, 7) is 0. The van der Waals surface area contributed by atoms with E-state index < -0.39 is 23.1 Å². The smallest absolute Gasteiger partial charge is 0.312 e. The Labute approximate surface area is 180 Å². The number of carbonyl (C=O) groups is 1. The molecule has 1 aliphatic rings. The summed E-state index contributed by atoms with van der Waals surface area (Å²) in [5.41, 5.74) is 0.926. The Bertz CT molecular complexity index is 1450. The number of esters is 1. The van der Waals surface area contributed by atoms with E-state index >= 15 is 0 Å². The fraction of sp³-hybridized carbons (Fsp3) is 0.0833. The van der Waals surface area contributed by atoms with E-state index in [0.717, 1.165) is 0 Å². The molecule has 1 aromatic heterocycles. The van der Waals surface area contributed by atoms with Crippen LogP contribution in [-0.4, -0.2) is 26.4 Å². The van der Waals surface area contributed by atoms with Gasteiger partial charge in [-0.05, 0) is 35.9 Å². The minimum Gasteiger partial charge on any atom is -0.508 e. The standard InChI is InChI=1S/C24H16O8/c25-13-4-1-11(2-5-13)14-8-21(30)31-20-10-18(29)23-17(28)9-19(32-24(23)22(14)20)12-3-6-15(26)16(27)7-12/h1-7,9-10,14,25-27,29H,8H2/t14-/m1/s1. The monoisotopic (exact) mass is 432 g/mol. The highest BCUT2D eigenvalue weighted by Crippen LogP contribution is 2.46. The molecule has 0 unspecified atom stereocenters. The molecule has 3 aromatic carbocycles. The van der Waals surface area contributed by atoms with E-state index in [1.165, 1.54) is 42.5 Å². The molecule has 4 aromatic rings. The number of ether oxygens (including phenoxy) is 1. The van der Waals surface area contributed by atoms with Crippen LogP contribution in [0.2, 0.25) is 0 Å². The van der Waals surface area contributed by atoms with Crippen LogP contribution >= 0.6 is 0 Å². The van der Waals surface area contributed by atoms with Crippen LogP contribution in [0.3, 0.4) is 0 Å². The van der Waals surface area contributed by atoms with Gasteiger partial charge in [-0.15, -0.1) is 0 Å². The van der Waals surface area contributed by atoms with Crippen LogP contribution in [0.1, 0.15) is 23.5 Å². The zero-order chi connectivity index (χ0) is 22.6. The van der Waals surface area contributed by atoms with Crippen molar-refractivity contribution < 1.29 is 34.4 Å². The molecular formula is C24H16O8. The molecule has 0 fully saturated rings. The number of benzene rings is 3. The van der Waals surface area contributed by atoms with Crippen molar-refractivity contribution >= 4 is 16.9 Å². The fourth-order valence-electron chi connectivity index (χ4n) is 3.97. The van der Waals surface area contributed by atoms with E-state index in [2.05, 4.69) is 0 Å². The van der Waals surface area contributed by atoms with E-state index in [4.69, 9.17) is 9.15 Å². The van der Waals surface area contributed by atoms with Gasteiger partial charge in [-0.3, -0.25) is 9.59 Å². The van der Waals surface area contributed by atoms with Crippen molar-refractivity contribution in [2.45, 2.75) is 12.3 Å². The van der Waals surface area contributed by atoms with Crippen LogP contribution in [0, 0.1) is 0 Å². The zero-order valence-corrected chi connectivity index (χ0v) is 16.4. The predicted molar refractivity (Wildman–Crippen MR) is 113 cm³/mol. The minimum absolute atomic E-state index is 0.0361.